The third kappa shape index (κ3) is 5.78. The molecule has 0 aliphatic carbocycles. The van der Waals surface area contributed by atoms with Gasteiger partial charge in [0.25, 0.3) is 5.69 Å². The zero-order valence-corrected chi connectivity index (χ0v) is 19.2. The highest BCUT2D eigenvalue weighted by Gasteiger charge is 2.17. The summed E-state index contributed by atoms with van der Waals surface area (Å²) in [5.74, 6) is 1.18. The second-order valence-corrected chi connectivity index (χ2v) is 8.40. The van der Waals surface area contributed by atoms with Crippen LogP contribution in [0.15, 0.2) is 84.0 Å². The Morgan fingerprint density at radius 1 is 1.03 bits per heavy atom. The maximum atomic E-state index is 12.3. The summed E-state index contributed by atoms with van der Waals surface area (Å²) in [5, 5.41) is 25.8. The number of nitrogens with zero attached hydrogens (tertiary/aromatic N) is 4. The van der Waals surface area contributed by atoms with Gasteiger partial charge in [-0.25, -0.2) is 4.79 Å². The van der Waals surface area contributed by atoms with E-state index in [4.69, 9.17) is 0 Å². The molecule has 172 valence electrons. The molecule has 3 aromatic carbocycles. The van der Waals surface area contributed by atoms with Crippen molar-refractivity contribution < 1.29 is 9.72 Å². The number of hydrogen-bond acceptors (Lipinski definition) is 6. The lowest BCUT2D eigenvalue weighted by atomic mass is 10.2. The van der Waals surface area contributed by atoms with Gasteiger partial charge in [-0.2, -0.15) is 0 Å². The SMILES string of the molecule is Cc1cccc(CSc2nnc(CNC(=O)Nc3ccccc3)n2-c2ccc([N+](=O)[O-])cc2)c1. The Kier molecular flexibility index (Phi) is 7.19. The van der Waals surface area contributed by atoms with Gasteiger partial charge in [0.2, 0.25) is 0 Å². The first-order chi connectivity index (χ1) is 16.5. The number of aryl methyl sites for hydroxylation is 1. The number of carbonyl (C=O) groups is 1. The van der Waals surface area contributed by atoms with Gasteiger partial charge >= 0.3 is 6.03 Å². The highest BCUT2D eigenvalue weighted by Crippen LogP contribution is 2.26. The molecule has 0 spiro atoms. The molecule has 0 unspecified atom stereocenters. The number of nitro benzene ring substituents is 1. The second kappa shape index (κ2) is 10.6. The summed E-state index contributed by atoms with van der Waals surface area (Å²) in [6, 6.07) is 23.1. The molecule has 34 heavy (non-hydrogen) atoms. The fourth-order valence-corrected chi connectivity index (χ4v) is 4.21. The number of hydrogen-bond donors (Lipinski definition) is 2. The number of amides is 2. The number of aromatic nitrogens is 3. The minimum Gasteiger partial charge on any atom is -0.331 e. The molecule has 4 aromatic rings. The first-order valence-corrected chi connectivity index (χ1v) is 11.5. The lowest BCUT2D eigenvalue weighted by molar-refractivity contribution is -0.384. The van der Waals surface area contributed by atoms with Crippen molar-refractivity contribution in [2.24, 2.45) is 0 Å². The fourth-order valence-electron chi connectivity index (χ4n) is 3.30. The second-order valence-electron chi connectivity index (χ2n) is 7.46. The van der Waals surface area contributed by atoms with E-state index in [1.54, 1.807) is 28.8 Å². The molecule has 0 radical (unpaired) electrons. The van der Waals surface area contributed by atoms with E-state index >= 15 is 0 Å². The monoisotopic (exact) mass is 474 g/mol. The number of para-hydroxylation sites is 1. The van der Waals surface area contributed by atoms with Crippen molar-refractivity contribution in [3.8, 4) is 5.69 Å². The Morgan fingerprint density at radius 3 is 2.50 bits per heavy atom. The third-order valence-corrected chi connectivity index (χ3v) is 5.91. The van der Waals surface area contributed by atoms with Gasteiger partial charge in [-0.1, -0.05) is 59.8 Å². The van der Waals surface area contributed by atoms with Crippen LogP contribution in [0.4, 0.5) is 16.2 Å². The topological polar surface area (TPSA) is 115 Å². The molecule has 10 heteroatoms. The van der Waals surface area contributed by atoms with Crippen LogP contribution in [-0.4, -0.2) is 25.7 Å². The van der Waals surface area contributed by atoms with E-state index in [0.29, 0.717) is 28.1 Å². The summed E-state index contributed by atoms with van der Waals surface area (Å²) < 4.78 is 1.80. The van der Waals surface area contributed by atoms with Crippen LogP contribution in [0, 0.1) is 17.0 Å². The Labute approximate surface area is 200 Å². The molecule has 1 aromatic heterocycles. The van der Waals surface area contributed by atoms with Gasteiger partial charge in [0.1, 0.15) is 0 Å². The van der Waals surface area contributed by atoms with Crippen molar-refractivity contribution in [3.05, 3.63) is 106 Å². The lowest BCUT2D eigenvalue weighted by Crippen LogP contribution is -2.29. The molecular formula is C24H22N6O3S. The molecule has 0 aliphatic rings. The number of thioether (sulfide) groups is 1. The highest BCUT2D eigenvalue weighted by atomic mass is 32.2. The van der Waals surface area contributed by atoms with E-state index < -0.39 is 4.92 Å². The van der Waals surface area contributed by atoms with Crippen LogP contribution in [0.3, 0.4) is 0 Å². The Bertz CT molecular complexity index is 1290. The molecular weight excluding hydrogens is 452 g/mol. The van der Waals surface area contributed by atoms with Crippen molar-refractivity contribution in [1.29, 1.82) is 0 Å². The van der Waals surface area contributed by atoms with Crippen LogP contribution in [-0.2, 0) is 12.3 Å². The molecule has 2 N–H and O–H groups in total. The van der Waals surface area contributed by atoms with Gasteiger partial charge in [-0.05, 0) is 36.8 Å². The molecule has 1 heterocycles. The van der Waals surface area contributed by atoms with E-state index in [1.165, 1.54) is 29.5 Å². The van der Waals surface area contributed by atoms with Crippen molar-refractivity contribution in [3.63, 3.8) is 0 Å². The van der Waals surface area contributed by atoms with Crippen LogP contribution < -0.4 is 10.6 Å². The van der Waals surface area contributed by atoms with Crippen molar-refractivity contribution in [2.75, 3.05) is 5.32 Å². The Balaban J connectivity index is 1.55. The third-order valence-electron chi connectivity index (χ3n) is 4.91. The molecule has 0 fully saturated rings. The number of nitrogens with one attached hydrogen (secondary N) is 2. The smallest absolute Gasteiger partial charge is 0.319 e. The zero-order valence-electron chi connectivity index (χ0n) is 18.3. The predicted octanol–water partition coefficient (Wildman–Crippen LogP) is 5.10. The summed E-state index contributed by atoms with van der Waals surface area (Å²) in [4.78, 5) is 23.0. The first-order valence-electron chi connectivity index (χ1n) is 10.5. The van der Waals surface area contributed by atoms with E-state index in [1.807, 2.05) is 43.3 Å². The number of urea groups is 1. The predicted molar refractivity (Wildman–Crippen MR) is 131 cm³/mol. The van der Waals surface area contributed by atoms with E-state index in [9.17, 15) is 14.9 Å². The maximum absolute atomic E-state index is 12.3. The van der Waals surface area contributed by atoms with Gasteiger partial charge in [0, 0.05) is 29.3 Å². The molecule has 9 nitrogen and oxygen atoms in total. The summed E-state index contributed by atoms with van der Waals surface area (Å²) in [5.41, 5.74) is 3.65. The summed E-state index contributed by atoms with van der Waals surface area (Å²) >= 11 is 1.50. The summed E-state index contributed by atoms with van der Waals surface area (Å²) in [7, 11) is 0. The van der Waals surface area contributed by atoms with Gasteiger partial charge in [-0.15, -0.1) is 10.2 Å². The van der Waals surface area contributed by atoms with Gasteiger partial charge in [0.15, 0.2) is 11.0 Å². The number of benzene rings is 3. The van der Waals surface area contributed by atoms with E-state index in [-0.39, 0.29) is 18.3 Å². The number of carbonyl (C=O) groups excluding carboxylic acids is 1. The molecule has 0 bridgehead atoms. The molecule has 2 amide bonds. The summed E-state index contributed by atoms with van der Waals surface area (Å²) in [6.45, 7) is 2.16. The minimum absolute atomic E-state index is 0.00676. The molecule has 0 atom stereocenters. The lowest BCUT2D eigenvalue weighted by Gasteiger charge is -2.12. The molecule has 0 saturated carbocycles. The van der Waals surface area contributed by atoms with E-state index in [0.717, 1.165) is 5.56 Å². The fraction of sp³-hybridized carbons (Fsp3) is 0.125. The van der Waals surface area contributed by atoms with Crippen LogP contribution in [0.5, 0.6) is 0 Å². The highest BCUT2D eigenvalue weighted by molar-refractivity contribution is 7.98. The van der Waals surface area contributed by atoms with Crippen LogP contribution >= 0.6 is 11.8 Å². The average Bonchev–Trinajstić information content (AvgIpc) is 3.25. The molecule has 4 rings (SSSR count). The van der Waals surface area contributed by atoms with Crippen LogP contribution in [0.25, 0.3) is 5.69 Å². The molecule has 0 aliphatic heterocycles. The van der Waals surface area contributed by atoms with Gasteiger partial charge in [0.05, 0.1) is 11.5 Å². The number of nitro groups is 1. The van der Waals surface area contributed by atoms with Crippen molar-refractivity contribution in [2.45, 2.75) is 24.4 Å². The number of non-ortho nitro benzene ring substituents is 1. The number of rotatable bonds is 8. The normalized spacial score (nSPS) is 10.6. The first kappa shape index (κ1) is 23.0. The summed E-state index contributed by atoms with van der Waals surface area (Å²) in [6.07, 6.45) is 0. The van der Waals surface area contributed by atoms with Crippen LogP contribution in [0.2, 0.25) is 0 Å². The van der Waals surface area contributed by atoms with Gasteiger partial charge < -0.3 is 10.6 Å². The standard InChI is InChI=1S/C24H22N6O3S/c1-17-6-5-7-18(14-17)16-34-24-28-27-22(15-25-23(31)26-19-8-3-2-4-9-19)29(24)20-10-12-21(13-11-20)30(32)33/h2-14H,15-16H2,1H3,(H2,25,26,31). The Hall–Kier alpha value is -4.18. The Morgan fingerprint density at radius 2 is 1.79 bits per heavy atom. The van der Waals surface area contributed by atoms with Crippen molar-refractivity contribution >= 4 is 29.2 Å². The van der Waals surface area contributed by atoms with Gasteiger partial charge in [-0.3, -0.25) is 14.7 Å². The largest absolute Gasteiger partial charge is 0.331 e. The number of anilines is 1. The maximum Gasteiger partial charge on any atom is 0.319 e. The van der Waals surface area contributed by atoms with E-state index in [2.05, 4.69) is 26.9 Å². The average molecular weight is 475 g/mol. The van der Waals surface area contributed by atoms with Crippen LogP contribution in [0.1, 0.15) is 17.0 Å². The molecule has 0 saturated heterocycles. The zero-order chi connectivity index (χ0) is 23.9. The minimum atomic E-state index is -0.445. The quantitative estimate of drug-likeness (QED) is 0.209. The van der Waals surface area contributed by atoms with Crippen molar-refractivity contribution in [1.82, 2.24) is 20.1 Å².